The summed E-state index contributed by atoms with van der Waals surface area (Å²) in [6.07, 6.45) is 1.40. The number of halogens is 1. The van der Waals surface area contributed by atoms with Crippen molar-refractivity contribution in [3.63, 3.8) is 0 Å². The van der Waals surface area contributed by atoms with E-state index in [2.05, 4.69) is 10.6 Å². The molecule has 1 aliphatic rings. The standard InChI is InChI=1S/C18H24FN3O4/c1-2-20-17(24)14-11-13(19)5-6-15(14)21-16(23)10-12-4-3-8-22(9-7-12)18(25)26/h5-6,11-12H,2-4,7-10H2,1H3,(H,20,24)(H,21,23)(H,25,26). The number of anilines is 1. The molecule has 142 valence electrons. The number of likely N-dealkylation sites (tertiary alicyclic amines) is 1. The van der Waals surface area contributed by atoms with Gasteiger partial charge in [0.2, 0.25) is 5.91 Å². The average molecular weight is 365 g/mol. The fraction of sp³-hybridized carbons (Fsp3) is 0.500. The lowest BCUT2D eigenvalue weighted by atomic mass is 9.96. The van der Waals surface area contributed by atoms with Crippen molar-refractivity contribution >= 4 is 23.6 Å². The summed E-state index contributed by atoms with van der Waals surface area (Å²) in [5.74, 6) is -1.20. The fourth-order valence-electron chi connectivity index (χ4n) is 3.09. The van der Waals surface area contributed by atoms with Crippen LogP contribution in [0.15, 0.2) is 18.2 Å². The molecule has 1 heterocycles. The summed E-state index contributed by atoms with van der Waals surface area (Å²) in [6.45, 7) is 3.04. The maximum Gasteiger partial charge on any atom is 0.407 e. The van der Waals surface area contributed by atoms with E-state index in [4.69, 9.17) is 5.11 Å². The molecule has 26 heavy (non-hydrogen) atoms. The summed E-state index contributed by atoms with van der Waals surface area (Å²) in [7, 11) is 0. The third kappa shape index (κ3) is 5.44. The van der Waals surface area contributed by atoms with E-state index in [9.17, 15) is 18.8 Å². The van der Waals surface area contributed by atoms with Crippen molar-refractivity contribution in [1.29, 1.82) is 0 Å². The Hall–Kier alpha value is -2.64. The van der Waals surface area contributed by atoms with E-state index in [1.165, 1.54) is 17.0 Å². The Morgan fingerprint density at radius 2 is 2.04 bits per heavy atom. The molecule has 3 amide bonds. The zero-order chi connectivity index (χ0) is 19.1. The van der Waals surface area contributed by atoms with Crippen LogP contribution >= 0.6 is 0 Å². The van der Waals surface area contributed by atoms with Gasteiger partial charge in [0.25, 0.3) is 5.91 Å². The third-order valence-corrected chi connectivity index (χ3v) is 4.43. The molecule has 0 bridgehead atoms. The van der Waals surface area contributed by atoms with Gasteiger partial charge < -0.3 is 20.6 Å². The van der Waals surface area contributed by atoms with Gasteiger partial charge in [0, 0.05) is 26.1 Å². The summed E-state index contributed by atoms with van der Waals surface area (Å²) in [5.41, 5.74) is 0.348. The van der Waals surface area contributed by atoms with E-state index in [1.54, 1.807) is 6.92 Å². The number of nitrogens with zero attached hydrogens (tertiary/aromatic N) is 1. The highest BCUT2D eigenvalue weighted by Gasteiger charge is 2.22. The smallest absolute Gasteiger partial charge is 0.407 e. The lowest BCUT2D eigenvalue weighted by molar-refractivity contribution is -0.117. The van der Waals surface area contributed by atoms with Crippen LogP contribution in [0.2, 0.25) is 0 Å². The SMILES string of the molecule is CCNC(=O)c1cc(F)ccc1NC(=O)CC1CCCN(C(=O)O)CC1. The van der Waals surface area contributed by atoms with Crippen molar-refractivity contribution in [1.82, 2.24) is 10.2 Å². The van der Waals surface area contributed by atoms with Gasteiger partial charge in [0.05, 0.1) is 11.3 Å². The van der Waals surface area contributed by atoms with E-state index < -0.39 is 17.8 Å². The van der Waals surface area contributed by atoms with E-state index in [0.29, 0.717) is 32.5 Å². The van der Waals surface area contributed by atoms with Crippen molar-refractivity contribution < 1.29 is 23.9 Å². The van der Waals surface area contributed by atoms with Crippen molar-refractivity contribution in [2.45, 2.75) is 32.6 Å². The lowest BCUT2D eigenvalue weighted by Gasteiger charge is -2.17. The molecule has 1 unspecified atom stereocenters. The number of hydrogen-bond donors (Lipinski definition) is 3. The second-order valence-electron chi connectivity index (χ2n) is 6.37. The molecule has 1 aromatic carbocycles. The molecule has 1 aromatic rings. The minimum Gasteiger partial charge on any atom is -0.465 e. The third-order valence-electron chi connectivity index (χ3n) is 4.43. The van der Waals surface area contributed by atoms with Gasteiger partial charge in [-0.3, -0.25) is 9.59 Å². The summed E-state index contributed by atoms with van der Waals surface area (Å²) < 4.78 is 13.5. The van der Waals surface area contributed by atoms with Crippen LogP contribution in [0.4, 0.5) is 14.9 Å². The summed E-state index contributed by atoms with van der Waals surface area (Å²) in [5, 5.41) is 14.3. The summed E-state index contributed by atoms with van der Waals surface area (Å²) >= 11 is 0. The Labute approximate surface area is 151 Å². The van der Waals surface area contributed by atoms with Crippen LogP contribution < -0.4 is 10.6 Å². The normalized spacial score (nSPS) is 17.3. The topological polar surface area (TPSA) is 98.7 Å². The van der Waals surface area contributed by atoms with Gasteiger partial charge in [-0.1, -0.05) is 0 Å². The van der Waals surface area contributed by atoms with Crippen LogP contribution in [0.5, 0.6) is 0 Å². The minimum atomic E-state index is -0.937. The number of carbonyl (C=O) groups is 3. The number of nitrogens with one attached hydrogen (secondary N) is 2. The molecule has 0 aliphatic carbocycles. The molecule has 3 N–H and O–H groups in total. The Morgan fingerprint density at radius 3 is 2.73 bits per heavy atom. The zero-order valence-corrected chi connectivity index (χ0v) is 14.8. The molecule has 0 spiro atoms. The van der Waals surface area contributed by atoms with Crippen molar-refractivity contribution in [2.75, 3.05) is 25.0 Å². The molecule has 0 aromatic heterocycles. The Kier molecular flexibility index (Phi) is 6.94. The Bertz CT molecular complexity index is 680. The molecule has 7 nitrogen and oxygen atoms in total. The van der Waals surface area contributed by atoms with E-state index in [0.717, 1.165) is 12.5 Å². The number of benzene rings is 1. The first kappa shape index (κ1) is 19.7. The zero-order valence-electron chi connectivity index (χ0n) is 14.8. The van der Waals surface area contributed by atoms with Crippen LogP contribution in [0.25, 0.3) is 0 Å². The van der Waals surface area contributed by atoms with Crippen molar-refractivity contribution in [3.05, 3.63) is 29.6 Å². The van der Waals surface area contributed by atoms with Gasteiger partial charge in [-0.15, -0.1) is 0 Å². The quantitative estimate of drug-likeness (QED) is 0.747. The molecule has 2 rings (SSSR count). The first-order valence-electron chi connectivity index (χ1n) is 8.76. The van der Waals surface area contributed by atoms with E-state index in [-0.39, 0.29) is 29.5 Å². The maximum absolute atomic E-state index is 13.5. The highest BCUT2D eigenvalue weighted by atomic mass is 19.1. The van der Waals surface area contributed by atoms with Crippen molar-refractivity contribution in [3.8, 4) is 0 Å². The molecule has 0 saturated carbocycles. The van der Waals surface area contributed by atoms with E-state index >= 15 is 0 Å². The van der Waals surface area contributed by atoms with Gasteiger partial charge in [-0.25, -0.2) is 9.18 Å². The molecule has 1 saturated heterocycles. The number of rotatable bonds is 5. The summed E-state index contributed by atoms with van der Waals surface area (Å²) in [4.78, 5) is 36.8. The van der Waals surface area contributed by atoms with Gasteiger partial charge >= 0.3 is 6.09 Å². The van der Waals surface area contributed by atoms with E-state index in [1.807, 2.05) is 0 Å². The molecule has 1 atom stereocenters. The first-order chi connectivity index (χ1) is 12.4. The lowest BCUT2D eigenvalue weighted by Crippen LogP contribution is -2.30. The second kappa shape index (κ2) is 9.17. The van der Waals surface area contributed by atoms with Crippen LogP contribution in [-0.4, -0.2) is 47.5 Å². The van der Waals surface area contributed by atoms with Crippen molar-refractivity contribution in [2.24, 2.45) is 5.92 Å². The number of carboxylic acid groups (broad SMARTS) is 1. The number of carbonyl (C=O) groups excluding carboxylic acids is 2. The molecular weight excluding hydrogens is 341 g/mol. The second-order valence-corrected chi connectivity index (χ2v) is 6.37. The minimum absolute atomic E-state index is 0.0766. The highest BCUT2D eigenvalue weighted by molar-refractivity contribution is 6.03. The fourth-order valence-corrected chi connectivity index (χ4v) is 3.09. The van der Waals surface area contributed by atoms with Gasteiger partial charge in [-0.2, -0.15) is 0 Å². The van der Waals surface area contributed by atoms with Crippen LogP contribution in [-0.2, 0) is 4.79 Å². The van der Waals surface area contributed by atoms with Crippen LogP contribution in [0.1, 0.15) is 43.0 Å². The Morgan fingerprint density at radius 1 is 1.27 bits per heavy atom. The maximum atomic E-state index is 13.5. The highest BCUT2D eigenvalue weighted by Crippen LogP contribution is 2.23. The summed E-state index contributed by atoms with van der Waals surface area (Å²) in [6, 6.07) is 3.66. The van der Waals surface area contributed by atoms with Gasteiger partial charge in [0.1, 0.15) is 5.82 Å². The largest absolute Gasteiger partial charge is 0.465 e. The predicted octanol–water partition coefficient (Wildman–Crippen LogP) is 2.68. The van der Waals surface area contributed by atoms with Gasteiger partial charge in [0.15, 0.2) is 0 Å². The molecule has 8 heteroatoms. The Balaban J connectivity index is 1.99. The number of amides is 3. The van der Waals surface area contributed by atoms with Crippen LogP contribution in [0, 0.1) is 11.7 Å². The molecule has 1 aliphatic heterocycles. The van der Waals surface area contributed by atoms with Crippen LogP contribution in [0.3, 0.4) is 0 Å². The molecular formula is C18H24FN3O4. The molecule has 0 radical (unpaired) electrons. The predicted molar refractivity (Wildman–Crippen MR) is 94.6 cm³/mol. The number of hydrogen-bond acceptors (Lipinski definition) is 3. The van der Waals surface area contributed by atoms with Gasteiger partial charge in [-0.05, 0) is 50.3 Å². The monoisotopic (exact) mass is 365 g/mol. The first-order valence-corrected chi connectivity index (χ1v) is 8.76. The average Bonchev–Trinajstić information content (AvgIpc) is 2.82. The molecule has 1 fully saturated rings.